The molecule has 0 aromatic heterocycles. The molecule has 2 N–H and O–H groups in total. The number of benzene rings is 1. The van der Waals surface area contributed by atoms with Gasteiger partial charge in [0.25, 0.3) is 0 Å². The smallest absolute Gasteiger partial charge is 0.214 e. The van der Waals surface area contributed by atoms with E-state index in [0.717, 1.165) is 0 Å². The van der Waals surface area contributed by atoms with Gasteiger partial charge in [-0.25, -0.2) is 13.1 Å². The molecule has 0 aliphatic carbocycles. The van der Waals surface area contributed by atoms with E-state index in [2.05, 4.69) is 4.72 Å². The van der Waals surface area contributed by atoms with Gasteiger partial charge in [-0.1, -0.05) is 18.2 Å². The van der Waals surface area contributed by atoms with E-state index in [0.29, 0.717) is 12.2 Å². The van der Waals surface area contributed by atoms with Crippen LogP contribution in [0, 0.1) is 0 Å². The van der Waals surface area contributed by atoms with Crippen LogP contribution in [0.2, 0.25) is 0 Å². The first-order valence-electron chi connectivity index (χ1n) is 5.37. The van der Waals surface area contributed by atoms with Crippen molar-refractivity contribution in [2.45, 2.75) is 13.5 Å². The number of phenolic OH excluding ortho intramolecular Hbond substituents is 1. The number of hydrogen-bond acceptors (Lipinski definition) is 4. The Morgan fingerprint density at radius 2 is 2.06 bits per heavy atom. The number of rotatable bonds is 7. The Hall–Kier alpha value is -1.11. The zero-order valence-corrected chi connectivity index (χ0v) is 10.5. The number of aromatic hydroxyl groups is 1. The molecular formula is C11H17NO4S. The molecule has 0 saturated carbocycles. The van der Waals surface area contributed by atoms with Gasteiger partial charge >= 0.3 is 0 Å². The molecule has 0 saturated heterocycles. The van der Waals surface area contributed by atoms with E-state index in [9.17, 15) is 13.5 Å². The van der Waals surface area contributed by atoms with Crippen LogP contribution in [-0.2, 0) is 21.3 Å². The lowest BCUT2D eigenvalue weighted by molar-refractivity contribution is 0.163. The van der Waals surface area contributed by atoms with Crippen molar-refractivity contribution in [3.8, 4) is 5.75 Å². The van der Waals surface area contributed by atoms with Crippen molar-refractivity contribution in [1.29, 1.82) is 0 Å². The van der Waals surface area contributed by atoms with E-state index >= 15 is 0 Å². The van der Waals surface area contributed by atoms with Gasteiger partial charge in [-0.05, 0) is 13.0 Å². The number of sulfonamides is 1. The lowest BCUT2D eigenvalue weighted by Crippen LogP contribution is -2.28. The Labute approximate surface area is 101 Å². The number of hydrogen-bond donors (Lipinski definition) is 2. The van der Waals surface area contributed by atoms with Crippen LogP contribution in [-0.4, -0.2) is 32.5 Å². The summed E-state index contributed by atoms with van der Waals surface area (Å²) < 4.78 is 30.4. The normalized spacial score (nSPS) is 11.6. The molecule has 0 fully saturated rings. The molecule has 0 radical (unpaired) electrons. The van der Waals surface area contributed by atoms with Crippen LogP contribution >= 0.6 is 0 Å². The van der Waals surface area contributed by atoms with Gasteiger partial charge in [-0.15, -0.1) is 0 Å². The van der Waals surface area contributed by atoms with Crippen molar-refractivity contribution >= 4 is 10.0 Å². The number of phenols is 1. The van der Waals surface area contributed by atoms with E-state index in [4.69, 9.17) is 4.74 Å². The highest BCUT2D eigenvalue weighted by Gasteiger charge is 2.10. The fraction of sp³-hybridized carbons (Fsp3) is 0.455. The summed E-state index contributed by atoms with van der Waals surface area (Å²) >= 11 is 0. The van der Waals surface area contributed by atoms with Crippen LogP contribution in [0.1, 0.15) is 12.5 Å². The van der Waals surface area contributed by atoms with Crippen LogP contribution in [0.25, 0.3) is 0 Å². The molecule has 1 aromatic carbocycles. The third kappa shape index (κ3) is 5.16. The van der Waals surface area contributed by atoms with Gasteiger partial charge in [0, 0.05) is 18.7 Å². The summed E-state index contributed by atoms with van der Waals surface area (Å²) in [5, 5.41) is 9.46. The Morgan fingerprint density at radius 3 is 2.71 bits per heavy atom. The number of ether oxygens (including phenoxy) is 1. The molecule has 0 atom stereocenters. The van der Waals surface area contributed by atoms with Crippen molar-refractivity contribution in [1.82, 2.24) is 4.72 Å². The Bertz CT molecular complexity index is 445. The fourth-order valence-corrected chi connectivity index (χ4v) is 2.09. The minimum absolute atomic E-state index is 0.0750. The molecule has 1 aromatic rings. The van der Waals surface area contributed by atoms with Crippen LogP contribution < -0.4 is 4.72 Å². The summed E-state index contributed by atoms with van der Waals surface area (Å²) in [5.74, 6) is 0.00838. The highest BCUT2D eigenvalue weighted by Crippen LogP contribution is 2.15. The average Bonchev–Trinajstić information content (AvgIpc) is 2.28. The summed E-state index contributed by atoms with van der Waals surface area (Å²) in [5.41, 5.74) is 0.549. The van der Waals surface area contributed by atoms with Crippen molar-refractivity contribution < 1.29 is 18.3 Å². The molecule has 5 nitrogen and oxygen atoms in total. The molecular weight excluding hydrogens is 242 g/mol. The zero-order chi connectivity index (χ0) is 12.7. The van der Waals surface area contributed by atoms with Gasteiger partial charge in [-0.3, -0.25) is 0 Å². The monoisotopic (exact) mass is 259 g/mol. The maximum absolute atomic E-state index is 11.5. The fourth-order valence-electron chi connectivity index (χ4n) is 1.23. The predicted molar refractivity (Wildman–Crippen MR) is 65.2 cm³/mol. The maximum Gasteiger partial charge on any atom is 0.214 e. The highest BCUT2D eigenvalue weighted by atomic mass is 32.2. The van der Waals surface area contributed by atoms with Gasteiger partial charge < -0.3 is 9.84 Å². The summed E-state index contributed by atoms with van der Waals surface area (Å²) in [6.07, 6.45) is 0. The van der Waals surface area contributed by atoms with E-state index in [1.165, 1.54) is 6.07 Å². The van der Waals surface area contributed by atoms with Gasteiger partial charge in [0.1, 0.15) is 5.75 Å². The Kier molecular flexibility index (Phi) is 5.40. The van der Waals surface area contributed by atoms with Gasteiger partial charge in [-0.2, -0.15) is 0 Å². The van der Waals surface area contributed by atoms with Crippen molar-refractivity contribution in [2.24, 2.45) is 0 Å². The first kappa shape index (κ1) is 14.0. The molecule has 0 heterocycles. The SMILES string of the molecule is CCOCCS(=O)(=O)NCc1ccccc1O. The average molecular weight is 259 g/mol. The Balaban J connectivity index is 2.47. The molecule has 0 aliphatic rings. The summed E-state index contributed by atoms with van der Waals surface area (Å²) in [6, 6.07) is 6.61. The van der Waals surface area contributed by atoms with Crippen LogP contribution in [0.5, 0.6) is 5.75 Å². The quantitative estimate of drug-likeness (QED) is 0.712. The second-order valence-corrected chi connectivity index (χ2v) is 5.39. The van der Waals surface area contributed by atoms with Crippen molar-refractivity contribution in [2.75, 3.05) is 19.0 Å². The molecule has 0 aliphatic heterocycles. The molecule has 17 heavy (non-hydrogen) atoms. The zero-order valence-electron chi connectivity index (χ0n) is 9.72. The second-order valence-electron chi connectivity index (χ2n) is 3.47. The third-order valence-corrected chi connectivity index (χ3v) is 3.46. The van der Waals surface area contributed by atoms with E-state index in [1.807, 2.05) is 6.92 Å². The van der Waals surface area contributed by atoms with Gasteiger partial charge in [0.2, 0.25) is 10.0 Å². The highest BCUT2D eigenvalue weighted by molar-refractivity contribution is 7.89. The minimum atomic E-state index is -3.35. The van der Waals surface area contributed by atoms with Crippen LogP contribution in [0.3, 0.4) is 0 Å². The largest absolute Gasteiger partial charge is 0.508 e. The maximum atomic E-state index is 11.5. The first-order chi connectivity index (χ1) is 8.05. The van der Waals surface area contributed by atoms with Crippen LogP contribution in [0.15, 0.2) is 24.3 Å². The lowest BCUT2D eigenvalue weighted by atomic mass is 10.2. The van der Waals surface area contributed by atoms with Gasteiger partial charge in [0.05, 0.1) is 12.4 Å². The molecule has 6 heteroatoms. The minimum Gasteiger partial charge on any atom is -0.508 e. The van der Waals surface area contributed by atoms with Crippen molar-refractivity contribution in [3.05, 3.63) is 29.8 Å². The lowest BCUT2D eigenvalue weighted by Gasteiger charge is -2.07. The second kappa shape index (κ2) is 6.58. The summed E-state index contributed by atoms with van der Waals surface area (Å²) in [7, 11) is -3.35. The Morgan fingerprint density at radius 1 is 1.35 bits per heavy atom. The van der Waals surface area contributed by atoms with Gasteiger partial charge in [0.15, 0.2) is 0 Å². The van der Waals surface area contributed by atoms with E-state index in [1.54, 1.807) is 18.2 Å². The standard InChI is InChI=1S/C11H17NO4S/c1-2-16-7-8-17(14,15)12-9-10-5-3-4-6-11(10)13/h3-6,12-13H,2,7-9H2,1H3. The summed E-state index contributed by atoms with van der Waals surface area (Å²) in [4.78, 5) is 0. The molecule has 0 amide bonds. The number of nitrogens with one attached hydrogen (secondary N) is 1. The number of para-hydroxylation sites is 1. The molecule has 0 spiro atoms. The molecule has 96 valence electrons. The first-order valence-corrected chi connectivity index (χ1v) is 7.02. The molecule has 1 rings (SSSR count). The topological polar surface area (TPSA) is 75.6 Å². The van der Waals surface area contributed by atoms with Crippen molar-refractivity contribution in [3.63, 3.8) is 0 Å². The molecule has 0 bridgehead atoms. The summed E-state index contributed by atoms with van der Waals surface area (Å²) in [6.45, 7) is 2.56. The molecule has 0 unspecified atom stereocenters. The third-order valence-electron chi connectivity index (χ3n) is 2.17. The predicted octanol–water partition coefficient (Wildman–Crippen LogP) is 0.848. The van der Waals surface area contributed by atoms with Crippen LogP contribution in [0.4, 0.5) is 0 Å². The van der Waals surface area contributed by atoms with E-state index < -0.39 is 10.0 Å². The van der Waals surface area contributed by atoms with E-state index in [-0.39, 0.29) is 24.7 Å².